The minimum Gasteiger partial charge on any atom is -0.485 e. The molecule has 0 bridgehead atoms. The molecule has 20 heteroatoms. The van der Waals surface area contributed by atoms with Crippen molar-refractivity contribution in [1.29, 1.82) is 0 Å². The number of nitrogens with zero attached hydrogens (tertiary/aromatic N) is 8. The number of ether oxygens (including phenoxy) is 2. The lowest BCUT2D eigenvalue weighted by molar-refractivity contribution is 0.0729. The van der Waals surface area contributed by atoms with Crippen molar-refractivity contribution in [2.75, 3.05) is 26.2 Å². The monoisotopic (exact) mass is 894 g/mol. The van der Waals surface area contributed by atoms with E-state index >= 15 is 0 Å². The van der Waals surface area contributed by atoms with Crippen LogP contribution in [0.1, 0.15) is 66.0 Å². The molecule has 8 heterocycles. The first-order valence-electron chi connectivity index (χ1n) is 19.9. The van der Waals surface area contributed by atoms with E-state index in [1.807, 2.05) is 27.7 Å². The number of alkyl halides is 2. The average molecular weight is 896 g/mol. The lowest BCUT2D eigenvalue weighted by Gasteiger charge is -2.21. The van der Waals surface area contributed by atoms with Gasteiger partial charge in [-0.15, -0.1) is 0 Å². The van der Waals surface area contributed by atoms with Gasteiger partial charge in [0.2, 0.25) is 0 Å². The fourth-order valence-electron chi connectivity index (χ4n) is 8.20. The van der Waals surface area contributed by atoms with E-state index in [9.17, 15) is 27.2 Å². The number of fused-ring (bicyclic) bond motifs is 6. The normalized spacial score (nSPS) is 20.5. The Bertz CT molecular complexity index is 2620. The molecule has 2 fully saturated rings. The standard InChI is InChI=1S/2C21H20ClF2N5O2/c2*1-10-19(22)11(2)29-20(26-10)14-8-28(9-16(14)27-29)21(30)13-4-3-12(23)5-17(13)31-18-7-25-6-15(18)24/h2*3-5,15,18,25H,6-9H2,1-2H3/t2*15-,18-/m10/s1. The van der Waals surface area contributed by atoms with E-state index in [-0.39, 0.29) is 60.6 Å². The molecule has 6 aromatic rings. The fourth-order valence-corrected chi connectivity index (χ4v) is 8.44. The molecule has 4 atom stereocenters. The highest BCUT2D eigenvalue weighted by Crippen LogP contribution is 2.34. The number of hydrogen-bond donors (Lipinski definition) is 2. The quantitative estimate of drug-likeness (QED) is 0.192. The Kier molecular flexibility index (Phi) is 11.0. The number of rotatable bonds is 6. The van der Waals surface area contributed by atoms with Gasteiger partial charge in [-0.25, -0.2) is 36.6 Å². The van der Waals surface area contributed by atoms with Crippen LogP contribution >= 0.6 is 23.2 Å². The van der Waals surface area contributed by atoms with Crippen LogP contribution in [0.3, 0.4) is 0 Å². The summed E-state index contributed by atoms with van der Waals surface area (Å²) in [5, 5.41) is 16.0. The number of carbonyl (C=O) groups is 2. The van der Waals surface area contributed by atoms with Crippen molar-refractivity contribution >= 4 is 46.3 Å². The predicted octanol–water partition coefficient (Wildman–Crippen LogP) is 5.97. The van der Waals surface area contributed by atoms with E-state index < -0.39 is 36.2 Å². The van der Waals surface area contributed by atoms with Crippen molar-refractivity contribution in [3.05, 3.63) is 114 Å². The van der Waals surface area contributed by atoms with Crippen molar-refractivity contribution in [2.45, 2.75) is 78.4 Å². The van der Waals surface area contributed by atoms with Crippen LogP contribution in [0, 0.1) is 39.3 Å². The van der Waals surface area contributed by atoms with Crippen LogP contribution in [0.4, 0.5) is 17.6 Å². The van der Waals surface area contributed by atoms with Crippen molar-refractivity contribution in [2.24, 2.45) is 0 Å². The zero-order valence-corrected chi connectivity index (χ0v) is 35.4. The first-order chi connectivity index (χ1) is 29.7. The van der Waals surface area contributed by atoms with Crippen molar-refractivity contribution in [3.63, 3.8) is 0 Å². The third-order valence-electron chi connectivity index (χ3n) is 11.6. The molecule has 2 aromatic carbocycles. The topological polar surface area (TPSA) is 144 Å². The van der Waals surface area contributed by atoms with Gasteiger partial charge in [0, 0.05) is 49.4 Å². The highest BCUT2D eigenvalue weighted by molar-refractivity contribution is 6.32. The molecule has 2 saturated heterocycles. The van der Waals surface area contributed by atoms with Crippen LogP contribution < -0.4 is 20.1 Å². The molecule has 0 aliphatic carbocycles. The number of carbonyl (C=O) groups excluding carboxylic acids is 2. The summed E-state index contributed by atoms with van der Waals surface area (Å²) >= 11 is 12.6. The third-order valence-corrected chi connectivity index (χ3v) is 12.7. The van der Waals surface area contributed by atoms with Crippen LogP contribution in [0.2, 0.25) is 10.0 Å². The maximum Gasteiger partial charge on any atom is 0.258 e. The summed E-state index contributed by atoms with van der Waals surface area (Å²) in [5.41, 5.74) is 7.84. The molecule has 4 aliphatic rings. The lowest BCUT2D eigenvalue weighted by atomic mass is 10.1. The Morgan fingerprint density at radius 1 is 0.645 bits per heavy atom. The van der Waals surface area contributed by atoms with Gasteiger partial charge in [0.15, 0.2) is 23.6 Å². The SMILES string of the molecule is Cc1nc2c3c(nn2c(C)c1Cl)CN(C(=O)c1ccc(F)cc1O[C@@H]1CNC[C@H]1F)C3.Cc1nc2c3c(nn2c(C)c1Cl)CN(C(=O)c1ccc(F)cc1O[C@H]1CNC[C@@H]1F)C3. The van der Waals surface area contributed by atoms with Gasteiger partial charge in [0.25, 0.3) is 11.8 Å². The van der Waals surface area contributed by atoms with E-state index in [0.29, 0.717) is 58.9 Å². The smallest absolute Gasteiger partial charge is 0.258 e. The molecule has 2 N–H and O–H groups in total. The number of halogens is 6. The largest absolute Gasteiger partial charge is 0.485 e. The van der Waals surface area contributed by atoms with E-state index in [1.165, 1.54) is 24.3 Å². The lowest BCUT2D eigenvalue weighted by Crippen LogP contribution is -2.30. The molecule has 0 spiro atoms. The summed E-state index contributed by atoms with van der Waals surface area (Å²) in [5.74, 6) is -1.71. The van der Waals surface area contributed by atoms with Crippen LogP contribution in [-0.4, -0.2) is 102 Å². The maximum atomic E-state index is 14.0. The molecule has 62 heavy (non-hydrogen) atoms. The number of hydrogen-bond acceptors (Lipinski definition) is 10. The van der Waals surface area contributed by atoms with Gasteiger partial charge in [-0.1, -0.05) is 23.2 Å². The van der Waals surface area contributed by atoms with Gasteiger partial charge in [0.05, 0.1) is 81.5 Å². The van der Waals surface area contributed by atoms with Crippen LogP contribution in [0.25, 0.3) is 11.3 Å². The highest BCUT2D eigenvalue weighted by atomic mass is 35.5. The second-order valence-corrected chi connectivity index (χ2v) is 16.5. The molecule has 14 nitrogen and oxygen atoms in total. The summed E-state index contributed by atoms with van der Waals surface area (Å²) in [6.07, 6.45) is -3.98. The molecular formula is C42H40Cl2F4N10O4. The molecular weight excluding hydrogens is 855 g/mol. The van der Waals surface area contributed by atoms with Gasteiger partial charge < -0.3 is 29.9 Å². The average Bonchev–Trinajstić information content (AvgIpc) is 4.11. The Labute approximate surface area is 362 Å². The van der Waals surface area contributed by atoms with Crippen molar-refractivity contribution < 1.29 is 36.6 Å². The van der Waals surface area contributed by atoms with E-state index in [2.05, 4.69) is 30.8 Å². The zero-order chi connectivity index (χ0) is 43.7. The predicted molar refractivity (Wildman–Crippen MR) is 219 cm³/mol. The van der Waals surface area contributed by atoms with E-state index in [0.717, 1.165) is 46.0 Å². The minimum absolute atomic E-state index is 0.0386. The van der Waals surface area contributed by atoms with Crippen molar-refractivity contribution in [1.82, 2.24) is 49.6 Å². The number of aryl methyl sites for hydroxylation is 4. The Morgan fingerprint density at radius 3 is 1.42 bits per heavy atom. The molecule has 324 valence electrons. The molecule has 0 radical (unpaired) electrons. The number of nitrogens with one attached hydrogen (secondary N) is 2. The van der Waals surface area contributed by atoms with Crippen LogP contribution in [0.15, 0.2) is 36.4 Å². The Hall–Kier alpha value is -5.56. The van der Waals surface area contributed by atoms with Crippen LogP contribution in [0.5, 0.6) is 11.5 Å². The van der Waals surface area contributed by atoms with Gasteiger partial charge in [-0.3, -0.25) is 9.59 Å². The molecule has 0 saturated carbocycles. The maximum absolute atomic E-state index is 14.0. The van der Waals surface area contributed by atoms with Crippen LogP contribution in [-0.2, 0) is 26.2 Å². The number of benzene rings is 2. The minimum atomic E-state index is -1.22. The summed E-state index contributed by atoms with van der Waals surface area (Å²) in [6, 6.07) is 7.39. The molecule has 4 aromatic heterocycles. The number of amides is 2. The third kappa shape index (κ3) is 7.45. The zero-order valence-electron chi connectivity index (χ0n) is 33.9. The first kappa shape index (κ1) is 41.8. The Morgan fingerprint density at radius 2 is 1.05 bits per heavy atom. The summed E-state index contributed by atoms with van der Waals surface area (Å²) in [6.45, 7) is 9.48. The van der Waals surface area contributed by atoms with Gasteiger partial charge in [0.1, 0.15) is 35.3 Å². The Balaban J connectivity index is 0.000000158. The van der Waals surface area contributed by atoms with Gasteiger partial charge in [-0.2, -0.15) is 10.2 Å². The second kappa shape index (κ2) is 16.3. The summed E-state index contributed by atoms with van der Waals surface area (Å²) in [7, 11) is 0. The van der Waals surface area contributed by atoms with Gasteiger partial charge >= 0.3 is 0 Å². The highest BCUT2D eigenvalue weighted by Gasteiger charge is 2.36. The summed E-state index contributed by atoms with van der Waals surface area (Å²) in [4.78, 5) is 38.8. The molecule has 10 rings (SSSR count). The van der Waals surface area contributed by atoms with Crippen molar-refractivity contribution in [3.8, 4) is 11.5 Å². The van der Waals surface area contributed by atoms with Gasteiger partial charge in [-0.05, 0) is 52.0 Å². The molecule has 0 unspecified atom stereocenters. The summed E-state index contributed by atoms with van der Waals surface area (Å²) < 4.78 is 70.4. The molecule has 4 aliphatic heterocycles. The fraction of sp³-hybridized carbons (Fsp3) is 0.381. The number of aromatic nitrogens is 6. The first-order valence-corrected chi connectivity index (χ1v) is 20.7. The van der Waals surface area contributed by atoms with E-state index in [4.69, 9.17) is 32.7 Å². The van der Waals surface area contributed by atoms with E-state index in [1.54, 1.807) is 18.8 Å². The second-order valence-electron chi connectivity index (χ2n) is 15.8. The molecule has 2 amide bonds.